The number of rotatable bonds is 3. The van der Waals surface area contributed by atoms with Crippen molar-refractivity contribution in [1.82, 2.24) is 15.5 Å². The SMILES string of the molecule is CNC(C)(C)c1cn[nH]c1-c1ccccc1. The standard InChI is InChI=1S/C13H17N3/c1-13(2,14-3)11-9-15-16-12(11)10-7-5-4-6-8-10/h4-9,14H,1-3H3,(H,15,16). The summed E-state index contributed by atoms with van der Waals surface area (Å²) < 4.78 is 0. The summed E-state index contributed by atoms with van der Waals surface area (Å²) in [5, 5.41) is 10.5. The lowest BCUT2D eigenvalue weighted by Gasteiger charge is -2.24. The smallest absolute Gasteiger partial charge is 0.0700 e. The summed E-state index contributed by atoms with van der Waals surface area (Å²) in [6.07, 6.45) is 1.89. The second kappa shape index (κ2) is 4.10. The fourth-order valence-corrected chi connectivity index (χ4v) is 1.72. The highest BCUT2D eigenvalue weighted by Gasteiger charge is 2.23. The minimum atomic E-state index is -0.0851. The first-order valence-electron chi connectivity index (χ1n) is 5.43. The summed E-state index contributed by atoms with van der Waals surface area (Å²) in [5.41, 5.74) is 3.34. The van der Waals surface area contributed by atoms with Crippen LogP contribution in [0.2, 0.25) is 0 Å². The van der Waals surface area contributed by atoms with Crippen LogP contribution < -0.4 is 5.32 Å². The van der Waals surface area contributed by atoms with Gasteiger partial charge in [-0.3, -0.25) is 5.10 Å². The molecule has 0 bridgehead atoms. The van der Waals surface area contributed by atoms with Gasteiger partial charge in [0.2, 0.25) is 0 Å². The van der Waals surface area contributed by atoms with Crippen molar-refractivity contribution in [2.75, 3.05) is 7.05 Å². The van der Waals surface area contributed by atoms with E-state index in [1.165, 1.54) is 11.1 Å². The molecule has 1 aromatic carbocycles. The van der Waals surface area contributed by atoms with E-state index in [2.05, 4.69) is 41.5 Å². The van der Waals surface area contributed by atoms with Gasteiger partial charge in [-0.1, -0.05) is 30.3 Å². The summed E-state index contributed by atoms with van der Waals surface area (Å²) in [7, 11) is 1.96. The molecule has 0 amide bonds. The molecular formula is C13H17N3. The van der Waals surface area contributed by atoms with Gasteiger partial charge in [0.15, 0.2) is 0 Å². The van der Waals surface area contributed by atoms with Gasteiger partial charge < -0.3 is 5.32 Å². The van der Waals surface area contributed by atoms with Crippen molar-refractivity contribution in [2.24, 2.45) is 0 Å². The number of nitrogens with zero attached hydrogens (tertiary/aromatic N) is 1. The zero-order valence-electron chi connectivity index (χ0n) is 9.91. The third kappa shape index (κ3) is 1.86. The molecule has 0 unspecified atom stereocenters. The van der Waals surface area contributed by atoms with E-state index in [0.717, 1.165) is 5.69 Å². The van der Waals surface area contributed by atoms with Crippen LogP contribution in [0.3, 0.4) is 0 Å². The van der Waals surface area contributed by atoms with Crippen molar-refractivity contribution in [1.29, 1.82) is 0 Å². The average Bonchev–Trinajstić information content (AvgIpc) is 2.80. The van der Waals surface area contributed by atoms with Crippen LogP contribution in [-0.4, -0.2) is 17.2 Å². The quantitative estimate of drug-likeness (QED) is 0.826. The highest BCUT2D eigenvalue weighted by atomic mass is 15.1. The molecule has 0 radical (unpaired) electrons. The lowest BCUT2D eigenvalue weighted by atomic mass is 9.92. The zero-order valence-corrected chi connectivity index (χ0v) is 9.91. The Morgan fingerprint density at radius 2 is 1.88 bits per heavy atom. The fourth-order valence-electron chi connectivity index (χ4n) is 1.72. The van der Waals surface area contributed by atoms with E-state index in [4.69, 9.17) is 0 Å². The molecule has 0 fully saturated rings. The van der Waals surface area contributed by atoms with Crippen LogP contribution in [0.25, 0.3) is 11.3 Å². The normalized spacial score (nSPS) is 11.7. The summed E-state index contributed by atoms with van der Waals surface area (Å²) in [5.74, 6) is 0. The molecule has 16 heavy (non-hydrogen) atoms. The van der Waals surface area contributed by atoms with E-state index in [0.29, 0.717) is 0 Å². The molecule has 0 saturated carbocycles. The van der Waals surface area contributed by atoms with Crippen LogP contribution >= 0.6 is 0 Å². The van der Waals surface area contributed by atoms with Gasteiger partial charge in [0.1, 0.15) is 0 Å². The first kappa shape index (κ1) is 10.9. The minimum absolute atomic E-state index is 0.0851. The summed E-state index contributed by atoms with van der Waals surface area (Å²) in [6.45, 7) is 4.29. The average molecular weight is 215 g/mol. The first-order chi connectivity index (χ1) is 7.65. The predicted molar refractivity (Wildman–Crippen MR) is 66.1 cm³/mol. The number of H-pyrrole nitrogens is 1. The van der Waals surface area contributed by atoms with Crippen molar-refractivity contribution in [3.8, 4) is 11.3 Å². The number of aromatic amines is 1. The molecule has 3 nitrogen and oxygen atoms in total. The van der Waals surface area contributed by atoms with Gasteiger partial charge in [-0.25, -0.2) is 0 Å². The highest BCUT2D eigenvalue weighted by Crippen LogP contribution is 2.29. The number of hydrogen-bond acceptors (Lipinski definition) is 2. The molecule has 0 aliphatic rings. The molecule has 1 aromatic heterocycles. The minimum Gasteiger partial charge on any atom is -0.311 e. The van der Waals surface area contributed by atoms with Gasteiger partial charge in [-0.2, -0.15) is 5.10 Å². The summed E-state index contributed by atoms with van der Waals surface area (Å²) >= 11 is 0. The van der Waals surface area contributed by atoms with E-state index in [1.54, 1.807) is 0 Å². The van der Waals surface area contributed by atoms with Crippen molar-refractivity contribution < 1.29 is 0 Å². The van der Waals surface area contributed by atoms with E-state index >= 15 is 0 Å². The van der Waals surface area contributed by atoms with Crippen molar-refractivity contribution in [3.05, 3.63) is 42.1 Å². The fraction of sp³-hybridized carbons (Fsp3) is 0.308. The largest absolute Gasteiger partial charge is 0.311 e. The maximum atomic E-state index is 4.15. The summed E-state index contributed by atoms with van der Waals surface area (Å²) in [4.78, 5) is 0. The molecule has 0 saturated heterocycles. The van der Waals surface area contributed by atoms with Crippen LogP contribution in [0.5, 0.6) is 0 Å². The van der Waals surface area contributed by atoms with Gasteiger partial charge in [-0.15, -0.1) is 0 Å². The highest BCUT2D eigenvalue weighted by molar-refractivity contribution is 5.63. The molecule has 0 atom stereocenters. The number of benzene rings is 1. The zero-order chi connectivity index (χ0) is 11.6. The topological polar surface area (TPSA) is 40.7 Å². The molecule has 2 rings (SSSR count). The molecule has 0 aliphatic heterocycles. The van der Waals surface area contributed by atoms with Crippen LogP contribution in [-0.2, 0) is 5.54 Å². The Morgan fingerprint density at radius 3 is 2.50 bits per heavy atom. The van der Waals surface area contributed by atoms with Crippen LogP contribution in [0.15, 0.2) is 36.5 Å². The van der Waals surface area contributed by atoms with Crippen molar-refractivity contribution in [2.45, 2.75) is 19.4 Å². The lowest BCUT2D eigenvalue weighted by molar-refractivity contribution is 0.446. The van der Waals surface area contributed by atoms with E-state index in [9.17, 15) is 0 Å². The lowest BCUT2D eigenvalue weighted by Crippen LogP contribution is -2.33. The van der Waals surface area contributed by atoms with Gasteiger partial charge in [0, 0.05) is 11.1 Å². The van der Waals surface area contributed by atoms with Gasteiger partial charge >= 0.3 is 0 Å². The van der Waals surface area contributed by atoms with Crippen LogP contribution in [0.1, 0.15) is 19.4 Å². The molecule has 2 N–H and O–H groups in total. The maximum Gasteiger partial charge on any atom is 0.0700 e. The van der Waals surface area contributed by atoms with Gasteiger partial charge in [-0.05, 0) is 26.5 Å². The third-order valence-corrected chi connectivity index (χ3v) is 3.00. The molecule has 84 valence electrons. The van der Waals surface area contributed by atoms with E-state index < -0.39 is 0 Å². The Bertz CT molecular complexity index is 457. The number of hydrogen-bond donors (Lipinski definition) is 2. The Labute approximate surface area is 95.9 Å². The summed E-state index contributed by atoms with van der Waals surface area (Å²) in [6, 6.07) is 10.3. The second-order valence-corrected chi connectivity index (χ2v) is 4.40. The van der Waals surface area contributed by atoms with E-state index in [-0.39, 0.29) is 5.54 Å². The van der Waals surface area contributed by atoms with Crippen molar-refractivity contribution in [3.63, 3.8) is 0 Å². The molecule has 0 spiro atoms. The Balaban J connectivity index is 2.49. The van der Waals surface area contributed by atoms with Crippen LogP contribution in [0.4, 0.5) is 0 Å². The number of nitrogens with one attached hydrogen (secondary N) is 2. The molecular weight excluding hydrogens is 198 g/mol. The maximum absolute atomic E-state index is 4.15. The first-order valence-corrected chi connectivity index (χ1v) is 5.43. The predicted octanol–water partition coefficient (Wildman–Crippen LogP) is 2.53. The molecule has 2 aromatic rings. The van der Waals surface area contributed by atoms with Crippen LogP contribution in [0, 0.1) is 0 Å². The number of aromatic nitrogens is 2. The van der Waals surface area contributed by atoms with Gasteiger partial charge in [0.25, 0.3) is 0 Å². The Morgan fingerprint density at radius 1 is 1.19 bits per heavy atom. The van der Waals surface area contributed by atoms with E-state index in [1.807, 2.05) is 31.4 Å². The molecule has 3 heteroatoms. The molecule has 0 aliphatic carbocycles. The third-order valence-electron chi connectivity index (χ3n) is 3.00. The molecule has 1 heterocycles. The van der Waals surface area contributed by atoms with Crippen molar-refractivity contribution >= 4 is 0 Å². The monoisotopic (exact) mass is 215 g/mol. The van der Waals surface area contributed by atoms with Gasteiger partial charge in [0.05, 0.1) is 11.9 Å². The Kier molecular flexibility index (Phi) is 2.79. The Hall–Kier alpha value is -1.61. The second-order valence-electron chi connectivity index (χ2n) is 4.40.